The van der Waals surface area contributed by atoms with Crippen LogP contribution in [0.5, 0.6) is 0 Å². The van der Waals surface area contributed by atoms with E-state index in [4.69, 9.17) is 9.84 Å². The molecule has 0 aliphatic heterocycles. The van der Waals surface area contributed by atoms with Crippen molar-refractivity contribution in [1.82, 2.24) is 0 Å². The lowest BCUT2D eigenvalue weighted by Gasteiger charge is -2.12. The second kappa shape index (κ2) is 5.13. The molecule has 0 heterocycles. The van der Waals surface area contributed by atoms with Crippen LogP contribution in [0.2, 0.25) is 0 Å². The van der Waals surface area contributed by atoms with Crippen molar-refractivity contribution in [1.29, 1.82) is 0 Å². The molecule has 0 aliphatic rings. The summed E-state index contributed by atoms with van der Waals surface area (Å²) in [5.74, 6) is -0.255. The summed E-state index contributed by atoms with van der Waals surface area (Å²) >= 11 is 0. The standard InChI is InChI=1S/C8H16O3/c1-4-11-8(10)5-6(2)7(3)9/h6-7,9H,4-5H2,1-3H3/t6-,7-/m0/s1. The topological polar surface area (TPSA) is 46.5 Å². The second-order valence-corrected chi connectivity index (χ2v) is 2.73. The van der Waals surface area contributed by atoms with Gasteiger partial charge in [-0.1, -0.05) is 6.92 Å². The summed E-state index contributed by atoms with van der Waals surface area (Å²) in [4.78, 5) is 10.8. The van der Waals surface area contributed by atoms with Gasteiger partial charge in [-0.2, -0.15) is 0 Å². The summed E-state index contributed by atoms with van der Waals surface area (Å²) in [6.07, 6.45) is -0.148. The molecule has 0 unspecified atom stereocenters. The first-order chi connectivity index (χ1) is 5.07. The highest BCUT2D eigenvalue weighted by atomic mass is 16.5. The van der Waals surface area contributed by atoms with Gasteiger partial charge in [-0.05, 0) is 19.8 Å². The van der Waals surface area contributed by atoms with Gasteiger partial charge in [0.05, 0.1) is 19.1 Å². The summed E-state index contributed by atoms with van der Waals surface area (Å²) in [7, 11) is 0. The van der Waals surface area contributed by atoms with E-state index >= 15 is 0 Å². The molecule has 66 valence electrons. The zero-order chi connectivity index (χ0) is 8.85. The van der Waals surface area contributed by atoms with Crippen molar-refractivity contribution < 1.29 is 14.6 Å². The number of aliphatic hydroxyl groups is 1. The minimum absolute atomic E-state index is 0.0194. The molecule has 0 radical (unpaired) electrons. The maximum absolute atomic E-state index is 10.8. The first-order valence-corrected chi connectivity index (χ1v) is 3.91. The van der Waals surface area contributed by atoms with E-state index in [1.54, 1.807) is 13.8 Å². The molecule has 2 atom stereocenters. The molecule has 11 heavy (non-hydrogen) atoms. The minimum Gasteiger partial charge on any atom is -0.466 e. The normalized spacial score (nSPS) is 15.6. The summed E-state index contributed by atoms with van der Waals surface area (Å²) in [6.45, 7) is 5.67. The molecule has 0 amide bonds. The van der Waals surface area contributed by atoms with Gasteiger partial charge >= 0.3 is 5.97 Å². The van der Waals surface area contributed by atoms with E-state index in [0.29, 0.717) is 13.0 Å². The fourth-order valence-corrected chi connectivity index (χ4v) is 0.653. The van der Waals surface area contributed by atoms with E-state index in [9.17, 15) is 4.79 Å². The number of carbonyl (C=O) groups is 1. The number of rotatable bonds is 4. The Balaban J connectivity index is 3.57. The molecule has 3 heteroatoms. The summed E-state index contributed by atoms with van der Waals surface area (Å²) in [6, 6.07) is 0. The van der Waals surface area contributed by atoms with E-state index in [2.05, 4.69) is 0 Å². The first-order valence-electron chi connectivity index (χ1n) is 3.91. The lowest BCUT2D eigenvalue weighted by Crippen LogP contribution is -2.18. The number of esters is 1. The van der Waals surface area contributed by atoms with Gasteiger partial charge in [0.15, 0.2) is 0 Å². The largest absolute Gasteiger partial charge is 0.466 e. The van der Waals surface area contributed by atoms with Gasteiger partial charge in [-0.15, -0.1) is 0 Å². The first kappa shape index (κ1) is 10.4. The van der Waals surface area contributed by atoms with Crippen LogP contribution in [0.15, 0.2) is 0 Å². The minimum atomic E-state index is -0.445. The van der Waals surface area contributed by atoms with Crippen LogP contribution in [0, 0.1) is 5.92 Å². The molecule has 0 saturated carbocycles. The lowest BCUT2D eigenvalue weighted by atomic mass is 10.0. The molecule has 3 nitrogen and oxygen atoms in total. The van der Waals surface area contributed by atoms with Crippen molar-refractivity contribution in [2.45, 2.75) is 33.3 Å². The van der Waals surface area contributed by atoms with Crippen LogP contribution in [0.25, 0.3) is 0 Å². The van der Waals surface area contributed by atoms with Crippen LogP contribution in [-0.2, 0) is 9.53 Å². The Morgan fingerprint density at radius 3 is 2.45 bits per heavy atom. The van der Waals surface area contributed by atoms with Crippen molar-refractivity contribution in [3.05, 3.63) is 0 Å². The Hall–Kier alpha value is -0.570. The number of ether oxygens (including phenoxy) is 1. The molecule has 0 aromatic rings. The highest BCUT2D eigenvalue weighted by Crippen LogP contribution is 2.07. The molecule has 0 fully saturated rings. The van der Waals surface area contributed by atoms with E-state index < -0.39 is 6.10 Å². The zero-order valence-corrected chi connectivity index (χ0v) is 7.33. The summed E-state index contributed by atoms with van der Waals surface area (Å²) in [5, 5.41) is 9.03. The summed E-state index contributed by atoms with van der Waals surface area (Å²) < 4.78 is 4.71. The number of carbonyl (C=O) groups excluding carboxylic acids is 1. The SMILES string of the molecule is CCOC(=O)C[C@H](C)[C@H](C)O. The van der Waals surface area contributed by atoms with E-state index in [-0.39, 0.29) is 11.9 Å². The molecule has 0 aromatic carbocycles. The van der Waals surface area contributed by atoms with Gasteiger partial charge < -0.3 is 9.84 Å². The molecule has 0 spiro atoms. The smallest absolute Gasteiger partial charge is 0.306 e. The zero-order valence-electron chi connectivity index (χ0n) is 7.33. The molecular formula is C8H16O3. The van der Waals surface area contributed by atoms with Crippen LogP contribution < -0.4 is 0 Å². The van der Waals surface area contributed by atoms with Gasteiger partial charge in [0.25, 0.3) is 0 Å². The highest BCUT2D eigenvalue weighted by molar-refractivity contribution is 5.69. The Labute approximate surface area is 67.4 Å². The van der Waals surface area contributed by atoms with E-state index in [1.165, 1.54) is 0 Å². The summed E-state index contributed by atoms with van der Waals surface area (Å²) in [5.41, 5.74) is 0. The maximum atomic E-state index is 10.8. The fraction of sp³-hybridized carbons (Fsp3) is 0.875. The number of aliphatic hydroxyl groups excluding tert-OH is 1. The highest BCUT2D eigenvalue weighted by Gasteiger charge is 2.13. The van der Waals surface area contributed by atoms with Gasteiger partial charge in [0.2, 0.25) is 0 Å². The van der Waals surface area contributed by atoms with Gasteiger partial charge in [0.1, 0.15) is 0 Å². The third kappa shape index (κ3) is 4.79. The number of hydrogen-bond donors (Lipinski definition) is 1. The van der Waals surface area contributed by atoms with Crippen molar-refractivity contribution in [3.63, 3.8) is 0 Å². The molecule has 0 aliphatic carbocycles. The van der Waals surface area contributed by atoms with E-state index in [1.807, 2.05) is 6.92 Å². The predicted octanol–water partition coefficient (Wildman–Crippen LogP) is 0.956. The maximum Gasteiger partial charge on any atom is 0.306 e. The fourth-order valence-electron chi connectivity index (χ4n) is 0.653. The third-order valence-corrected chi connectivity index (χ3v) is 1.62. The predicted molar refractivity (Wildman–Crippen MR) is 42.1 cm³/mol. The second-order valence-electron chi connectivity index (χ2n) is 2.73. The van der Waals surface area contributed by atoms with Gasteiger partial charge in [-0.25, -0.2) is 0 Å². The Morgan fingerprint density at radius 2 is 2.09 bits per heavy atom. The third-order valence-electron chi connectivity index (χ3n) is 1.62. The quantitative estimate of drug-likeness (QED) is 0.623. The van der Waals surface area contributed by atoms with Gasteiger partial charge in [0, 0.05) is 0 Å². The average Bonchev–Trinajstić information content (AvgIpc) is 1.87. The van der Waals surface area contributed by atoms with Crippen LogP contribution in [0.4, 0.5) is 0 Å². The van der Waals surface area contributed by atoms with Crippen molar-refractivity contribution >= 4 is 5.97 Å². The Kier molecular flexibility index (Phi) is 4.86. The van der Waals surface area contributed by atoms with Crippen LogP contribution in [-0.4, -0.2) is 23.8 Å². The van der Waals surface area contributed by atoms with Gasteiger partial charge in [-0.3, -0.25) is 4.79 Å². The monoisotopic (exact) mass is 160 g/mol. The van der Waals surface area contributed by atoms with Crippen molar-refractivity contribution in [2.24, 2.45) is 5.92 Å². The van der Waals surface area contributed by atoms with Crippen molar-refractivity contribution in [3.8, 4) is 0 Å². The van der Waals surface area contributed by atoms with Crippen LogP contribution in [0.3, 0.4) is 0 Å². The number of hydrogen-bond acceptors (Lipinski definition) is 3. The molecule has 0 bridgehead atoms. The van der Waals surface area contributed by atoms with E-state index in [0.717, 1.165) is 0 Å². The molecule has 1 N–H and O–H groups in total. The molecular weight excluding hydrogens is 144 g/mol. The molecule has 0 aromatic heterocycles. The lowest BCUT2D eigenvalue weighted by molar-refractivity contribution is -0.144. The average molecular weight is 160 g/mol. The van der Waals surface area contributed by atoms with Crippen molar-refractivity contribution in [2.75, 3.05) is 6.61 Å². The molecule has 0 saturated heterocycles. The van der Waals surface area contributed by atoms with Crippen LogP contribution >= 0.6 is 0 Å². The Bertz CT molecular complexity index is 121. The van der Waals surface area contributed by atoms with Crippen LogP contribution in [0.1, 0.15) is 27.2 Å². The molecule has 0 rings (SSSR count). The Morgan fingerprint density at radius 1 is 1.55 bits per heavy atom.